The summed E-state index contributed by atoms with van der Waals surface area (Å²) in [4.78, 5) is 26.3. The SMILES string of the molecule is C[C@H](COc1ncc(-c2ccnc3ccncc23)cc1C#N)CC(C)(C)N(C(=O)O)C(C)(C)C. The molecule has 0 bridgehead atoms. The van der Waals surface area contributed by atoms with E-state index < -0.39 is 17.2 Å². The quantitative estimate of drug-likeness (QED) is 0.492. The third-order valence-corrected chi connectivity index (χ3v) is 5.65. The number of fused-ring (bicyclic) bond motifs is 1. The highest BCUT2D eigenvalue weighted by atomic mass is 16.5. The molecule has 1 amide bonds. The van der Waals surface area contributed by atoms with Crippen LogP contribution in [0.4, 0.5) is 4.79 Å². The molecular weight excluding hydrogens is 430 g/mol. The number of hydrogen-bond acceptors (Lipinski definition) is 6. The van der Waals surface area contributed by atoms with E-state index in [1.165, 1.54) is 4.90 Å². The Kier molecular flexibility index (Phi) is 7.06. The van der Waals surface area contributed by atoms with E-state index in [0.717, 1.165) is 22.0 Å². The van der Waals surface area contributed by atoms with Gasteiger partial charge in [-0.05, 0) is 70.7 Å². The highest BCUT2D eigenvalue weighted by molar-refractivity contribution is 5.93. The van der Waals surface area contributed by atoms with E-state index in [2.05, 4.69) is 21.0 Å². The Hall–Kier alpha value is -3.73. The average molecular weight is 462 g/mol. The second-order valence-corrected chi connectivity index (χ2v) is 10.2. The molecule has 3 rings (SSSR count). The van der Waals surface area contributed by atoms with Crippen molar-refractivity contribution < 1.29 is 14.6 Å². The molecule has 1 atom stereocenters. The van der Waals surface area contributed by atoms with Gasteiger partial charge in [0.15, 0.2) is 0 Å². The van der Waals surface area contributed by atoms with Gasteiger partial charge in [0.05, 0.1) is 12.1 Å². The van der Waals surface area contributed by atoms with Gasteiger partial charge in [0.2, 0.25) is 5.88 Å². The molecule has 34 heavy (non-hydrogen) atoms. The molecule has 0 unspecified atom stereocenters. The molecule has 3 aromatic heterocycles. The molecule has 0 saturated carbocycles. The summed E-state index contributed by atoms with van der Waals surface area (Å²) in [6.45, 7) is 11.8. The van der Waals surface area contributed by atoms with Gasteiger partial charge in [0, 0.05) is 46.8 Å². The lowest BCUT2D eigenvalue weighted by Crippen LogP contribution is -2.57. The van der Waals surface area contributed by atoms with Gasteiger partial charge in [0.25, 0.3) is 0 Å². The number of nitriles is 1. The lowest BCUT2D eigenvalue weighted by Gasteiger charge is -2.46. The summed E-state index contributed by atoms with van der Waals surface area (Å²) in [5.74, 6) is 0.292. The lowest BCUT2D eigenvalue weighted by molar-refractivity contribution is 0.0186. The van der Waals surface area contributed by atoms with Gasteiger partial charge in [-0.1, -0.05) is 6.92 Å². The highest BCUT2D eigenvalue weighted by Gasteiger charge is 2.39. The highest BCUT2D eigenvalue weighted by Crippen LogP contribution is 2.32. The van der Waals surface area contributed by atoms with Crippen LogP contribution in [0.2, 0.25) is 0 Å². The molecule has 0 fully saturated rings. The van der Waals surface area contributed by atoms with Gasteiger partial charge in [-0.2, -0.15) is 5.26 Å². The predicted octanol–water partition coefficient (Wildman–Crippen LogP) is 5.53. The molecule has 0 aliphatic heterocycles. The zero-order valence-electron chi connectivity index (χ0n) is 20.5. The van der Waals surface area contributed by atoms with Gasteiger partial charge in [-0.15, -0.1) is 0 Å². The first kappa shape index (κ1) is 24.9. The molecule has 0 saturated heterocycles. The minimum absolute atomic E-state index is 0.0300. The van der Waals surface area contributed by atoms with Crippen LogP contribution in [0.25, 0.3) is 22.0 Å². The van der Waals surface area contributed by atoms with Gasteiger partial charge >= 0.3 is 6.09 Å². The summed E-state index contributed by atoms with van der Waals surface area (Å²) in [7, 11) is 0. The van der Waals surface area contributed by atoms with Crippen molar-refractivity contribution in [3.05, 3.63) is 48.5 Å². The molecule has 0 aliphatic rings. The summed E-state index contributed by atoms with van der Waals surface area (Å²) >= 11 is 0. The number of ether oxygens (including phenoxy) is 1. The van der Waals surface area contributed by atoms with Crippen LogP contribution in [0.1, 0.15) is 53.5 Å². The fraction of sp³-hybridized carbons (Fsp3) is 0.423. The second-order valence-electron chi connectivity index (χ2n) is 10.2. The number of carbonyl (C=O) groups is 1. The molecule has 3 aromatic rings. The molecule has 3 heterocycles. The maximum Gasteiger partial charge on any atom is 0.408 e. The van der Waals surface area contributed by atoms with Crippen LogP contribution in [0.3, 0.4) is 0 Å². The number of pyridine rings is 3. The Morgan fingerprint density at radius 2 is 1.91 bits per heavy atom. The van der Waals surface area contributed by atoms with Gasteiger partial charge in [0.1, 0.15) is 11.6 Å². The van der Waals surface area contributed by atoms with E-state index in [0.29, 0.717) is 18.6 Å². The van der Waals surface area contributed by atoms with Crippen LogP contribution in [-0.4, -0.2) is 48.7 Å². The minimum atomic E-state index is -0.950. The van der Waals surface area contributed by atoms with Crippen molar-refractivity contribution >= 4 is 17.0 Å². The van der Waals surface area contributed by atoms with Gasteiger partial charge in [-0.25, -0.2) is 9.78 Å². The number of amides is 1. The van der Waals surface area contributed by atoms with Crippen LogP contribution < -0.4 is 4.74 Å². The van der Waals surface area contributed by atoms with E-state index in [-0.39, 0.29) is 11.8 Å². The lowest BCUT2D eigenvalue weighted by atomic mass is 9.87. The Morgan fingerprint density at radius 1 is 1.18 bits per heavy atom. The zero-order chi connectivity index (χ0) is 25.1. The maximum atomic E-state index is 11.9. The normalized spacial score (nSPS) is 12.7. The van der Waals surface area contributed by atoms with Gasteiger partial charge < -0.3 is 9.84 Å². The second kappa shape index (κ2) is 9.64. The Morgan fingerprint density at radius 3 is 2.56 bits per heavy atom. The third-order valence-electron chi connectivity index (χ3n) is 5.65. The van der Waals surface area contributed by atoms with Crippen molar-refractivity contribution in [3.63, 3.8) is 0 Å². The van der Waals surface area contributed by atoms with Crippen LogP contribution in [-0.2, 0) is 0 Å². The van der Waals surface area contributed by atoms with Crippen LogP contribution in [0, 0.1) is 17.2 Å². The first-order chi connectivity index (χ1) is 15.9. The van der Waals surface area contributed by atoms with Crippen molar-refractivity contribution in [1.82, 2.24) is 19.9 Å². The largest absolute Gasteiger partial charge is 0.476 e. The first-order valence-electron chi connectivity index (χ1n) is 11.2. The van der Waals surface area contributed by atoms with Crippen molar-refractivity contribution in [2.75, 3.05) is 6.61 Å². The molecule has 178 valence electrons. The Labute approximate surface area is 200 Å². The average Bonchev–Trinajstić information content (AvgIpc) is 2.75. The number of carboxylic acid groups (broad SMARTS) is 1. The minimum Gasteiger partial charge on any atom is -0.476 e. The third kappa shape index (κ3) is 5.42. The monoisotopic (exact) mass is 461 g/mol. The van der Waals surface area contributed by atoms with E-state index in [9.17, 15) is 15.2 Å². The van der Waals surface area contributed by atoms with E-state index in [1.54, 1.807) is 30.9 Å². The summed E-state index contributed by atoms with van der Waals surface area (Å²) in [5.41, 5.74) is 1.68. The molecular formula is C26H31N5O3. The molecule has 8 nitrogen and oxygen atoms in total. The van der Waals surface area contributed by atoms with E-state index >= 15 is 0 Å². The molecule has 0 aromatic carbocycles. The molecule has 0 aliphatic carbocycles. The van der Waals surface area contributed by atoms with Crippen molar-refractivity contribution in [3.8, 4) is 23.1 Å². The molecule has 0 spiro atoms. The number of nitrogens with zero attached hydrogens (tertiary/aromatic N) is 5. The molecule has 0 radical (unpaired) electrons. The van der Waals surface area contributed by atoms with Crippen molar-refractivity contribution in [1.29, 1.82) is 5.26 Å². The van der Waals surface area contributed by atoms with Gasteiger partial charge in [-0.3, -0.25) is 14.9 Å². The summed E-state index contributed by atoms with van der Waals surface area (Å²) in [6, 6.07) is 7.64. The topological polar surface area (TPSA) is 112 Å². The van der Waals surface area contributed by atoms with E-state index in [1.807, 2.05) is 53.7 Å². The fourth-order valence-corrected chi connectivity index (χ4v) is 4.71. The molecule has 1 N–H and O–H groups in total. The van der Waals surface area contributed by atoms with Crippen molar-refractivity contribution in [2.45, 2.75) is 59.0 Å². The van der Waals surface area contributed by atoms with Crippen LogP contribution >= 0.6 is 0 Å². The first-order valence-corrected chi connectivity index (χ1v) is 11.2. The summed E-state index contributed by atoms with van der Waals surface area (Å²) < 4.78 is 5.92. The standard InChI is InChI=1S/C26H31N5O3/c1-17(12-26(5,6)31(24(32)33)25(2,3)4)16-34-23-18(13-27)11-19(14-30-23)20-7-10-29-22-8-9-28-15-21(20)22/h7-11,14-15,17H,12,16H2,1-6H3,(H,32,33)/t17-/m0/s1. The van der Waals surface area contributed by atoms with Crippen LogP contribution in [0.15, 0.2) is 43.0 Å². The predicted molar refractivity (Wildman–Crippen MR) is 130 cm³/mol. The van der Waals surface area contributed by atoms with E-state index in [4.69, 9.17) is 4.74 Å². The Bertz CT molecular complexity index is 1220. The zero-order valence-corrected chi connectivity index (χ0v) is 20.5. The smallest absolute Gasteiger partial charge is 0.408 e. The maximum absolute atomic E-state index is 11.9. The number of aromatic nitrogens is 3. The van der Waals surface area contributed by atoms with Crippen molar-refractivity contribution in [2.24, 2.45) is 5.92 Å². The summed E-state index contributed by atoms with van der Waals surface area (Å²) in [6.07, 6.45) is 6.47. The summed E-state index contributed by atoms with van der Waals surface area (Å²) in [5, 5.41) is 20.3. The molecule has 8 heteroatoms. The number of rotatable bonds is 7. The van der Waals surface area contributed by atoms with Crippen LogP contribution in [0.5, 0.6) is 5.88 Å². The number of hydrogen-bond donors (Lipinski definition) is 1. The fourth-order valence-electron chi connectivity index (χ4n) is 4.71. The Balaban J connectivity index is 1.77.